The van der Waals surface area contributed by atoms with Gasteiger partial charge in [0.2, 0.25) is 0 Å². The van der Waals surface area contributed by atoms with Gasteiger partial charge in [-0.15, -0.1) is 0 Å². The number of halogens is 2. The molecule has 0 saturated carbocycles. The summed E-state index contributed by atoms with van der Waals surface area (Å²) in [6.07, 6.45) is -0.407. The summed E-state index contributed by atoms with van der Waals surface area (Å²) in [7, 11) is 0. The molecule has 2 amide bonds. The zero-order valence-electron chi connectivity index (χ0n) is 18.0. The highest BCUT2D eigenvalue weighted by atomic mass is 35.5. The molecule has 3 aromatic rings. The van der Waals surface area contributed by atoms with Crippen LogP contribution < -0.4 is 10.6 Å². The van der Waals surface area contributed by atoms with Crippen LogP contribution in [0.5, 0.6) is 0 Å². The number of hydrogen-bond donors (Lipinski definition) is 2. The number of carbonyl (C=O) groups is 3. The van der Waals surface area contributed by atoms with Crippen molar-refractivity contribution in [2.24, 2.45) is 0 Å². The summed E-state index contributed by atoms with van der Waals surface area (Å²) in [6.45, 7) is 0.0340. The number of anilines is 1. The molecule has 7 nitrogen and oxygen atoms in total. The second kappa shape index (κ2) is 12.6. The molecule has 0 heterocycles. The van der Waals surface area contributed by atoms with E-state index in [2.05, 4.69) is 10.6 Å². The minimum absolute atomic E-state index is 0.00860. The molecular formula is C25H22Cl2N2O5. The number of urea groups is 1. The summed E-state index contributed by atoms with van der Waals surface area (Å²) >= 11 is 11.9. The van der Waals surface area contributed by atoms with Crippen LogP contribution in [0.15, 0.2) is 78.9 Å². The van der Waals surface area contributed by atoms with Gasteiger partial charge in [0.05, 0.1) is 16.5 Å². The first-order valence-electron chi connectivity index (χ1n) is 10.3. The third-order valence-corrected chi connectivity index (χ3v) is 5.34. The zero-order valence-corrected chi connectivity index (χ0v) is 19.5. The Morgan fingerprint density at radius 2 is 1.35 bits per heavy atom. The van der Waals surface area contributed by atoms with Crippen molar-refractivity contribution >= 4 is 46.9 Å². The second-order valence-corrected chi connectivity index (χ2v) is 8.04. The maximum Gasteiger partial charge on any atom is 0.329 e. The van der Waals surface area contributed by atoms with Crippen LogP contribution in [0.3, 0.4) is 0 Å². The van der Waals surface area contributed by atoms with E-state index >= 15 is 0 Å². The van der Waals surface area contributed by atoms with Crippen LogP contribution in [-0.4, -0.2) is 24.0 Å². The largest absolute Gasteiger partial charge is 0.461 e. The average Bonchev–Trinajstić information content (AvgIpc) is 2.84. The minimum atomic E-state index is -1.27. The number of carbonyl (C=O) groups excluding carboxylic acids is 3. The first-order chi connectivity index (χ1) is 16.4. The number of benzene rings is 3. The molecule has 0 bridgehead atoms. The Balaban J connectivity index is 1.62. The van der Waals surface area contributed by atoms with Crippen molar-refractivity contribution in [2.75, 3.05) is 5.32 Å². The molecular weight excluding hydrogens is 479 g/mol. The highest BCUT2D eigenvalue weighted by molar-refractivity contribution is 6.42. The number of rotatable bonds is 9. The summed E-state index contributed by atoms with van der Waals surface area (Å²) in [4.78, 5) is 37.6. The topological polar surface area (TPSA) is 93.7 Å². The van der Waals surface area contributed by atoms with Gasteiger partial charge < -0.3 is 20.1 Å². The van der Waals surface area contributed by atoms with E-state index in [9.17, 15) is 14.4 Å². The van der Waals surface area contributed by atoms with Crippen LogP contribution in [0.2, 0.25) is 10.0 Å². The Labute approximate surface area is 207 Å². The molecule has 3 rings (SSSR count). The van der Waals surface area contributed by atoms with E-state index in [1.165, 1.54) is 12.1 Å². The van der Waals surface area contributed by atoms with Crippen LogP contribution in [0.1, 0.15) is 17.5 Å². The first kappa shape index (κ1) is 25.1. The Hall–Kier alpha value is -3.55. The maximum absolute atomic E-state index is 12.7. The van der Waals surface area contributed by atoms with Crippen molar-refractivity contribution in [3.8, 4) is 0 Å². The third kappa shape index (κ3) is 8.10. The summed E-state index contributed by atoms with van der Waals surface area (Å²) in [6, 6.07) is 20.7. The van der Waals surface area contributed by atoms with E-state index in [-0.39, 0.29) is 18.2 Å². The highest BCUT2D eigenvalue weighted by Crippen LogP contribution is 2.25. The molecule has 0 aromatic heterocycles. The van der Waals surface area contributed by atoms with Gasteiger partial charge in [0.1, 0.15) is 19.3 Å². The molecule has 0 saturated heterocycles. The van der Waals surface area contributed by atoms with E-state index in [0.717, 1.165) is 11.1 Å². The van der Waals surface area contributed by atoms with Crippen LogP contribution in [0.25, 0.3) is 0 Å². The molecule has 0 radical (unpaired) electrons. The van der Waals surface area contributed by atoms with Gasteiger partial charge in [0.15, 0.2) is 0 Å². The molecule has 0 aliphatic carbocycles. The Bertz CT molecular complexity index is 1130. The van der Waals surface area contributed by atoms with Gasteiger partial charge in [-0.05, 0) is 29.3 Å². The molecule has 0 unspecified atom stereocenters. The van der Waals surface area contributed by atoms with Gasteiger partial charge in [-0.25, -0.2) is 9.59 Å². The maximum atomic E-state index is 12.7. The predicted molar refractivity (Wildman–Crippen MR) is 129 cm³/mol. The number of nitrogens with one attached hydrogen (secondary N) is 2. The van der Waals surface area contributed by atoms with Crippen molar-refractivity contribution in [3.63, 3.8) is 0 Å². The lowest BCUT2D eigenvalue weighted by molar-refractivity contribution is -0.153. The molecule has 3 aromatic carbocycles. The Morgan fingerprint density at radius 3 is 1.94 bits per heavy atom. The van der Waals surface area contributed by atoms with Gasteiger partial charge in [-0.3, -0.25) is 4.79 Å². The monoisotopic (exact) mass is 500 g/mol. The zero-order chi connectivity index (χ0) is 24.3. The molecule has 0 aliphatic heterocycles. The lowest BCUT2D eigenvalue weighted by Crippen LogP contribution is -2.45. The lowest BCUT2D eigenvalue weighted by atomic mass is 10.2. The number of esters is 2. The molecule has 1 atom stereocenters. The molecule has 0 aliphatic rings. The summed E-state index contributed by atoms with van der Waals surface area (Å²) in [5.74, 6) is -1.44. The molecule has 9 heteroatoms. The van der Waals surface area contributed by atoms with Gasteiger partial charge in [-0.2, -0.15) is 0 Å². The van der Waals surface area contributed by atoms with Crippen LogP contribution >= 0.6 is 23.2 Å². The number of hydrogen-bond acceptors (Lipinski definition) is 5. The van der Waals surface area contributed by atoms with Crippen molar-refractivity contribution in [1.82, 2.24) is 5.32 Å². The SMILES string of the molecule is O=C(Nc1ccc(Cl)c(Cl)c1)N[C@@H](CC(=O)OCc1ccccc1)C(=O)OCc1ccccc1. The number of amides is 2. The first-order valence-corrected chi connectivity index (χ1v) is 11.1. The van der Waals surface area contributed by atoms with Crippen molar-refractivity contribution in [1.29, 1.82) is 0 Å². The number of ether oxygens (including phenoxy) is 2. The average molecular weight is 501 g/mol. The van der Waals surface area contributed by atoms with E-state index < -0.39 is 30.4 Å². The fraction of sp³-hybridized carbons (Fsp3) is 0.160. The fourth-order valence-electron chi connectivity index (χ4n) is 2.89. The third-order valence-electron chi connectivity index (χ3n) is 4.60. The van der Waals surface area contributed by atoms with Crippen molar-refractivity contribution < 1.29 is 23.9 Å². The van der Waals surface area contributed by atoms with Gasteiger partial charge >= 0.3 is 18.0 Å². The summed E-state index contributed by atoms with van der Waals surface area (Å²) < 4.78 is 10.6. The normalized spacial score (nSPS) is 11.2. The van der Waals surface area contributed by atoms with Gasteiger partial charge in [0, 0.05) is 5.69 Å². The van der Waals surface area contributed by atoms with Crippen molar-refractivity contribution in [3.05, 3.63) is 100 Å². The van der Waals surface area contributed by atoms with E-state index in [0.29, 0.717) is 10.7 Å². The molecule has 0 spiro atoms. The van der Waals surface area contributed by atoms with Crippen LogP contribution in [0, 0.1) is 0 Å². The smallest absolute Gasteiger partial charge is 0.329 e. The van der Waals surface area contributed by atoms with Gasteiger partial charge in [0.25, 0.3) is 0 Å². The standard InChI is InChI=1S/C25H22Cl2N2O5/c26-20-12-11-19(13-21(20)27)28-25(32)29-22(24(31)34-16-18-9-5-2-6-10-18)14-23(30)33-15-17-7-3-1-4-8-17/h1-13,22H,14-16H2,(H2,28,29,32)/t22-/m0/s1. The Morgan fingerprint density at radius 1 is 0.765 bits per heavy atom. The lowest BCUT2D eigenvalue weighted by Gasteiger charge is -2.18. The molecule has 34 heavy (non-hydrogen) atoms. The van der Waals surface area contributed by atoms with Gasteiger partial charge in [-0.1, -0.05) is 83.9 Å². The van der Waals surface area contributed by atoms with E-state index in [1.807, 2.05) is 48.5 Å². The quantitative estimate of drug-likeness (QED) is 0.385. The Kier molecular flexibility index (Phi) is 9.31. The molecule has 2 N–H and O–H groups in total. The summed E-state index contributed by atoms with van der Waals surface area (Å²) in [5, 5.41) is 5.59. The van der Waals surface area contributed by atoms with Crippen molar-refractivity contribution in [2.45, 2.75) is 25.7 Å². The highest BCUT2D eigenvalue weighted by Gasteiger charge is 2.26. The molecule has 176 valence electrons. The second-order valence-electron chi connectivity index (χ2n) is 7.22. The predicted octanol–water partition coefficient (Wildman–Crippen LogP) is 5.36. The summed E-state index contributed by atoms with van der Waals surface area (Å²) in [5.41, 5.74) is 1.92. The van der Waals surface area contributed by atoms with E-state index in [4.69, 9.17) is 32.7 Å². The van der Waals surface area contributed by atoms with Crippen LogP contribution in [-0.2, 0) is 32.3 Å². The van der Waals surface area contributed by atoms with Crippen LogP contribution in [0.4, 0.5) is 10.5 Å². The molecule has 0 fully saturated rings. The van der Waals surface area contributed by atoms with E-state index in [1.54, 1.807) is 18.2 Å². The minimum Gasteiger partial charge on any atom is -0.461 e. The fourth-order valence-corrected chi connectivity index (χ4v) is 3.18.